The Kier molecular flexibility index (Phi) is 3.14. The Bertz CT molecular complexity index is 466. The molecule has 2 nitrogen and oxygen atoms in total. The molecule has 2 heterocycles. The molecular formula is C16H22FNO. The maximum Gasteiger partial charge on any atom is 0.123 e. The second kappa shape index (κ2) is 4.57. The average molecular weight is 263 g/mol. The lowest BCUT2D eigenvalue weighted by Crippen LogP contribution is -2.46. The number of nitrogens with one attached hydrogen (secondary N) is 1. The van der Waals surface area contributed by atoms with E-state index in [9.17, 15) is 9.50 Å². The van der Waals surface area contributed by atoms with E-state index in [-0.39, 0.29) is 16.9 Å². The summed E-state index contributed by atoms with van der Waals surface area (Å²) in [6.07, 6.45) is 5.98. The molecule has 0 aromatic heterocycles. The first kappa shape index (κ1) is 13.1. The number of halogens is 1. The largest absolute Gasteiger partial charge is 0.386 e. The first-order valence-corrected chi connectivity index (χ1v) is 7.32. The van der Waals surface area contributed by atoms with Gasteiger partial charge in [-0.25, -0.2) is 4.39 Å². The van der Waals surface area contributed by atoms with Crippen molar-refractivity contribution in [3.05, 3.63) is 35.6 Å². The van der Waals surface area contributed by atoms with Gasteiger partial charge in [0.1, 0.15) is 5.82 Å². The third-order valence-electron chi connectivity index (χ3n) is 5.03. The first-order chi connectivity index (χ1) is 9.09. The maximum atomic E-state index is 13.3. The molecule has 104 valence electrons. The van der Waals surface area contributed by atoms with Crippen LogP contribution in [-0.4, -0.2) is 16.2 Å². The van der Waals surface area contributed by atoms with Crippen LogP contribution in [0.1, 0.15) is 57.1 Å². The van der Waals surface area contributed by atoms with Crippen LogP contribution in [0, 0.1) is 5.82 Å². The molecule has 3 rings (SSSR count). The molecule has 0 unspecified atom stereocenters. The fourth-order valence-corrected chi connectivity index (χ4v) is 4.08. The number of benzene rings is 1. The smallest absolute Gasteiger partial charge is 0.123 e. The molecule has 2 fully saturated rings. The van der Waals surface area contributed by atoms with E-state index in [1.807, 2.05) is 6.07 Å². The van der Waals surface area contributed by atoms with Crippen molar-refractivity contribution in [1.82, 2.24) is 5.32 Å². The van der Waals surface area contributed by atoms with Crippen molar-refractivity contribution in [3.63, 3.8) is 0 Å². The van der Waals surface area contributed by atoms with Crippen LogP contribution in [0.15, 0.2) is 24.3 Å². The number of fused-ring (bicyclic) bond motifs is 2. The van der Waals surface area contributed by atoms with E-state index in [1.54, 1.807) is 6.07 Å². The van der Waals surface area contributed by atoms with Crippen molar-refractivity contribution >= 4 is 0 Å². The summed E-state index contributed by atoms with van der Waals surface area (Å²) < 4.78 is 13.3. The lowest BCUT2D eigenvalue weighted by molar-refractivity contribution is 0.0733. The average Bonchev–Trinajstić information content (AvgIpc) is 2.95. The standard InChI is InChI=1S/C16H22FNO/c1-2-6-15-7-9-16(18-15,10-8-15)14(19)12-4-3-5-13(17)11-12/h3-5,11,14,18-19H,2,6-10H2,1H3/t14-,15?,16?/m1/s1. The molecule has 2 bridgehead atoms. The lowest BCUT2D eigenvalue weighted by Gasteiger charge is -2.32. The van der Waals surface area contributed by atoms with Gasteiger partial charge < -0.3 is 10.4 Å². The van der Waals surface area contributed by atoms with Gasteiger partial charge in [0.05, 0.1) is 6.10 Å². The predicted octanol–water partition coefficient (Wildman–Crippen LogP) is 3.31. The number of hydrogen-bond acceptors (Lipinski definition) is 2. The minimum Gasteiger partial charge on any atom is -0.386 e. The molecule has 0 spiro atoms. The van der Waals surface area contributed by atoms with E-state index in [1.165, 1.54) is 25.0 Å². The molecule has 0 aliphatic carbocycles. The van der Waals surface area contributed by atoms with Crippen LogP contribution in [0.25, 0.3) is 0 Å². The predicted molar refractivity (Wildman–Crippen MR) is 73.3 cm³/mol. The SMILES string of the molecule is CCCC12CCC([C@H](O)c3cccc(F)c3)(CC1)N2. The molecule has 0 radical (unpaired) electrons. The van der Waals surface area contributed by atoms with Crippen molar-refractivity contribution in [3.8, 4) is 0 Å². The van der Waals surface area contributed by atoms with E-state index in [0.29, 0.717) is 5.56 Å². The molecule has 2 aliphatic rings. The van der Waals surface area contributed by atoms with Gasteiger partial charge in [0.2, 0.25) is 0 Å². The second-order valence-electron chi connectivity index (χ2n) is 6.27. The Morgan fingerprint density at radius 1 is 1.32 bits per heavy atom. The van der Waals surface area contributed by atoms with Gasteiger partial charge >= 0.3 is 0 Å². The monoisotopic (exact) mass is 263 g/mol. The zero-order chi connectivity index (χ0) is 13.5. The highest BCUT2D eigenvalue weighted by Gasteiger charge is 2.56. The highest BCUT2D eigenvalue weighted by atomic mass is 19.1. The molecule has 1 aromatic rings. The lowest BCUT2D eigenvalue weighted by atomic mass is 9.76. The van der Waals surface area contributed by atoms with Crippen LogP contribution in [0.3, 0.4) is 0 Å². The zero-order valence-electron chi connectivity index (χ0n) is 11.5. The van der Waals surface area contributed by atoms with Gasteiger partial charge in [0.25, 0.3) is 0 Å². The van der Waals surface area contributed by atoms with E-state index in [4.69, 9.17) is 0 Å². The summed E-state index contributed by atoms with van der Waals surface area (Å²) in [4.78, 5) is 0. The van der Waals surface area contributed by atoms with Crippen LogP contribution in [0.5, 0.6) is 0 Å². The third-order valence-corrected chi connectivity index (χ3v) is 5.03. The molecule has 1 atom stereocenters. The number of rotatable bonds is 4. The van der Waals surface area contributed by atoms with E-state index >= 15 is 0 Å². The van der Waals surface area contributed by atoms with E-state index in [0.717, 1.165) is 25.7 Å². The van der Waals surface area contributed by atoms with E-state index in [2.05, 4.69) is 12.2 Å². The summed E-state index contributed by atoms with van der Waals surface area (Å²) >= 11 is 0. The molecule has 2 N–H and O–H groups in total. The minimum absolute atomic E-state index is 0.225. The Hall–Kier alpha value is -0.930. The van der Waals surface area contributed by atoms with Crippen LogP contribution in [0.4, 0.5) is 4.39 Å². The number of hydrogen-bond donors (Lipinski definition) is 2. The minimum atomic E-state index is -0.607. The van der Waals surface area contributed by atoms with Gasteiger partial charge in [-0.3, -0.25) is 0 Å². The molecule has 19 heavy (non-hydrogen) atoms. The first-order valence-electron chi connectivity index (χ1n) is 7.32. The summed E-state index contributed by atoms with van der Waals surface area (Å²) in [5.41, 5.74) is 0.688. The summed E-state index contributed by atoms with van der Waals surface area (Å²) in [6, 6.07) is 6.38. The molecule has 0 saturated carbocycles. The quantitative estimate of drug-likeness (QED) is 0.873. The Morgan fingerprint density at radius 2 is 2.05 bits per heavy atom. The van der Waals surface area contributed by atoms with Crippen LogP contribution < -0.4 is 5.32 Å². The van der Waals surface area contributed by atoms with Crippen molar-refractivity contribution in [2.24, 2.45) is 0 Å². The molecule has 3 heteroatoms. The van der Waals surface area contributed by atoms with Crippen LogP contribution in [0.2, 0.25) is 0 Å². The Morgan fingerprint density at radius 3 is 2.68 bits per heavy atom. The fraction of sp³-hybridized carbons (Fsp3) is 0.625. The summed E-state index contributed by atoms with van der Waals surface area (Å²) in [6.45, 7) is 2.21. The molecule has 1 aromatic carbocycles. The zero-order valence-corrected chi connectivity index (χ0v) is 11.5. The van der Waals surface area contributed by atoms with Gasteiger partial charge in [-0.1, -0.05) is 25.5 Å². The van der Waals surface area contributed by atoms with Crippen molar-refractivity contribution in [2.75, 3.05) is 0 Å². The highest BCUT2D eigenvalue weighted by Crippen LogP contribution is 2.52. The summed E-state index contributed by atoms with van der Waals surface area (Å²) in [7, 11) is 0. The maximum absolute atomic E-state index is 13.3. The number of aliphatic hydroxyl groups is 1. The van der Waals surface area contributed by atoms with Crippen molar-refractivity contribution in [1.29, 1.82) is 0 Å². The topological polar surface area (TPSA) is 32.3 Å². The van der Waals surface area contributed by atoms with Crippen molar-refractivity contribution < 1.29 is 9.50 Å². The van der Waals surface area contributed by atoms with E-state index < -0.39 is 6.10 Å². The number of aliphatic hydroxyl groups excluding tert-OH is 1. The summed E-state index contributed by atoms with van der Waals surface area (Å²) in [5, 5.41) is 14.4. The molecule has 2 aliphatic heterocycles. The molecule has 2 saturated heterocycles. The second-order valence-corrected chi connectivity index (χ2v) is 6.27. The van der Waals surface area contributed by atoms with Gasteiger partial charge in [0, 0.05) is 11.1 Å². The highest BCUT2D eigenvalue weighted by molar-refractivity contribution is 5.26. The van der Waals surface area contributed by atoms with Crippen molar-refractivity contribution in [2.45, 2.75) is 62.6 Å². The van der Waals surface area contributed by atoms with Gasteiger partial charge in [0.15, 0.2) is 0 Å². The Balaban J connectivity index is 1.84. The molecule has 0 amide bonds. The third kappa shape index (κ3) is 2.09. The van der Waals surface area contributed by atoms with Gasteiger partial charge in [-0.15, -0.1) is 0 Å². The van der Waals surface area contributed by atoms with Gasteiger partial charge in [-0.05, 0) is 49.8 Å². The fourth-order valence-electron chi connectivity index (χ4n) is 4.08. The van der Waals surface area contributed by atoms with Gasteiger partial charge in [-0.2, -0.15) is 0 Å². The Labute approximate surface area is 114 Å². The normalized spacial score (nSPS) is 34.7. The van der Waals surface area contributed by atoms with Crippen LogP contribution >= 0.6 is 0 Å². The van der Waals surface area contributed by atoms with Crippen LogP contribution in [-0.2, 0) is 0 Å². The summed E-state index contributed by atoms with van der Waals surface area (Å²) in [5.74, 6) is -0.274. The molecular weight excluding hydrogens is 241 g/mol.